The van der Waals surface area contributed by atoms with Crippen LogP contribution in [0.4, 0.5) is 0 Å². The molecule has 2 aromatic rings. The van der Waals surface area contributed by atoms with Crippen LogP contribution in [0.25, 0.3) is 10.6 Å². The number of carbonyl (C=O) groups excluding carboxylic acids is 1. The lowest BCUT2D eigenvalue weighted by molar-refractivity contribution is 0.0605. The summed E-state index contributed by atoms with van der Waals surface area (Å²) in [5.41, 5.74) is 1.43. The molecule has 1 aromatic heterocycles. The number of benzene rings is 1. The Labute approximate surface area is 121 Å². The van der Waals surface area contributed by atoms with Gasteiger partial charge < -0.3 is 14.2 Å². The molecule has 6 heteroatoms. The van der Waals surface area contributed by atoms with E-state index in [1.807, 2.05) is 18.2 Å². The molecule has 20 heavy (non-hydrogen) atoms. The van der Waals surface area contributed by atoms with Gasteiger partial charge in [-0.2, -0.15) is 0 Å². The number of thiazole rings is 1. The van der Waals surface area contributed by atoms with E-state index in [9.17, 15) is 4.79 Å². The number of hydrogen-bond acceptors (Lipinski definition) is 6. The minimum absolute atomic E-state index is 0.381. The number of aromatic nitrogens is 1. The van der Waals surface area contributed by atoms with Crippen LogP contribution in [0.3, 0.4) is 0 Å². The van der Waals surface area contributed by atoms with Gasteiger partial charge in [0.25, 0.3) is 0 Å². The SMILES string of the molecule is COC(=O)c1sc(-c2cc(OC)ccc2OC)nc1C. The van der Waals surface area contributed by atoms with E-state index in [0.29, 0.717) is 27.1 Å². The fourth-order valence-electron chi connectivity index (χ4n) is 1.77. The molecular weight excluding hydrogens is 278 g/mol. The average Bonchev–Trinajstić information content (AvgIpc) is 2.87. The minimum atomic E-state index is -0.381. The lowest BCUT2D eigenvalue weighted by Crippen LogP contribution is -1.99. The number of carbonyl (C=O) groups is 1. The van der Waals surface area contributed by atoms with Gasteiger partial charge in [-0.05, 0) is 25.1 Å². The summed E-state index contributed by atoms with van der Waals surface area (Å²) in [4.78, 5) is 16.6. The van der Waals surface area contributed by atoms with Gasteiger partial charge in [0.2, 0.25) is 0 Å². The van der Waals surface area contributed by atoms with E-state index in [1.54, 1.807) is 21.1 Å². The van der Waals surface area contributed by atoms with Crippen LogP contribution in [-0.2, 0) is 4.74 Å². The van der Waals surface area contributed by atoms with Crippen molar-refractivity contribution in [1.82, 2.24) is 4.98 Å². The quantitative estimate of drug-likeness (QED) is 0.811. The zero-order valence-corrected chi connectivity index (χ0v) is 12.5. The van der Waals surface area contributed by atoms with Crippen molar-refractivity contribution >= 4 is 17.3 Å². The maximum atomic E-state index is 11.6. The predicted octanol–water partition coefficient (Wildman–Crippen LogP) is 2.92. The second kappa shape index (κ2) is 5.92. The molecule has 0 N–H and O–H groups in total. The van der Waals surface area contributed by atoms with Gasteiger partial charge in [0.1, 0.15) is 21.4 Å². The van der Waals surface area contributed by atoms with E-state index >= 15 is 0 Å². The van der Waals surface area contributed by atoms with Crippen molar-refractivity contribution in [2.24, 2.45) is 0 Å². The van der Waals surface area contributed by atoms with Crippen LogP contribution in [0.15, 0.2) is 18.2 Å². The van der Waals surface area contributed by atoms with Crippen LogP contribution < -0.4 is 9.47 Å². The Morgan fingerprint density at radius 3 is 2.55 bits per heavy atom. The molecule has 0 amide bonds. The second-order valence-corrected chi connectivity index (χ2v) is 4.99. The second-order valence-electron chi connectivity index (χ2n) is 3.99. The molecule has 0 aliphatic heterocycles. The van der Waals surface area contributed by atoms with Crippen LogP contribution in [0, 0.1) is 6.92 Å². The summed E-state index contributed by atoms with van der Waals surface area (Å²) in [6, 6.07) is 5.45. The fourth-order valence-corrected chi connectivity index (χ4v) is 2.78. The highest BCUT2D eigenvalue weighted by Crippen LogP contribution is 2.36. The molecule has 1 aromatic carbocycles. The smallest absolute Gasteiger partial charge is 0.349 e. The molecule has 1 heterocycles. The number of hydrogen-bond donors (Lipinski definition) is 0. The number of rotatable bonds is 4. The molecule has 0 fully saturated rings. The van der Waals surface area contributed by atoms with Crippen molar-refractivity contribution in [2.45, 2.75) is 6.92 Å². The van der Waals surface area contributed by atoms with Crippen LogP contribution >= 0.6 is 11.3 Å². The van der Waals surface area contributed by atoms with Gasteiger partial charge in [-0.1, -0.05) is 0 Å². The number of esters is 1. The fraction of sp³-hybridized carbons (Fsp3) is 0.286. The maximum Gasteiger partial charge on any atom is 0.349 e. The normalized spacial score (nSPS) is 10.2. The highest BCUT2D eigenvalue weighted by Gasteiger charge is 2.19. The van der Waals surface area contributed by atoms with Crippen molar-refractivity contribution in [1.29, 1.82) is 0 Å². The maximum absolute atomic E-state index is 11.6. The summed E-state index contributed by atoms with van der Waals surface area (Å²) in [5, 5.41) is 0.693. The number of ether oxygens (including phenoxy) is 3. The van der Waals surface area contributed by atoms with Crippen LogP contribution in [0.1, 0.15) is 15.4 Å². The first-order valence-electron chi connectivity index (χ1n) is 5.88. The summed E-state index contributed by atoms with van der Waals surface area (Å²) in [7, 11) is 4.54. The third kappa shape index (κ3) is 2.60. The molecule has 0 saturated carbocycles. The molecule has 0 spiro atoms. The number of aryl methyl sites for hydroxylation is 1. The number of methoxy groups -OCH3 is 3. The van der Waals surface area contributed by atoms with E-state index in [4.69, 9.17) is 14.2 Å². The third-order valence-electron chi connectivity index (χ3n) is 2.80. The molecule has 106 valence electrons. The first-order valence-corrected chi connectivity index (χ1v) is 6.70. The predicted molar refractivity (Wildman–Crippen MR) is 76.7 cm³/mol. The summed E-state index contributed by atoms with van der Waals surface area (Å²) in [6.45, 7) is 1.78. The zero-order valence-electron chi connectivity index (χ0n) is 11.7. The van der Waals surface area contributed by atoms with Crippen molar-refractivity contribution in [3.8, 4) is 22.1 Å². The zero-order chi connectivity index (χ0) is 14.7. The van der Waals surface area contributed by atoms with E-state index < -0.39 is 0 Å². The van der Waals surface area contributed by atoms with Gasteiger partial charge in [-0.15, -0.1) is 11.3 Å². The highest BCUT2D eigenvalue weighted by atomic mass is 32.1. The van der Waals surface area contributed by atoms with E-state index in [0.717, 1.165) is 5.56 Å². The molecule has 0 aliphatic carbocycles. The Kier molecular flexibility index (Phi) is 4.24. The van der Waals surface area contributed by atoms with Gasteiger partial charge in [-0.3, -0.25) is 0 Å². The summed E-state index contributed by atoms with van der Waals surface area (Å²) in [6.07, 6.45) is 0. The summed E-state index contributed by atoms with van der Waals surface area (Å²) >= 11 is 1.27. The molecule has 0 unspecified atom stereocenters. The first-order chi connectivity index (χ1) is 9.60. The molecule has 0 aliphatic rings. The lowest BCUT2D eigenvalue weighted by atomic mass is 10.2. The first kappa shape index (κ1) is 14.3. The highest BCUT2D eigenvalue weighted by molar-refractivity contribution is 7.17. The van der Waals surface area contributed by atoms with Crippen molar-refractivity contribution < 1.29 is 19.0 Å². The van der Waals surface area contributed by atoms with Gasteiger partial charge in [-0.25, -0.2) is 9.78 Å². The Balaban J connectivity index is 2.53. The van der Waals surface area contributed by atoms with E-state index in [1.165, 1.54) is 18.4 Å². The molecule has 0 radical (unpaired) electrons. The van der Waals surface area contributed by atoms with Gasteiger partial charge in [0.05, 0.1) is 32.6 Å². The number of nitrogens with zero attached hydrogens (tertiary/aromatic N) is 1. The summed E-state index contributed by atoms with van der Waals surface area (Å²) in [5.74, 6) is 0.998. The monoisotopic (exact) mass is 293 g/mol. The lowest BCUT2D eigenvalue weighted by Gasteiger charge is -2.08. The molecule has 0 bridgehead atoms. The standard InChI is InChI=1S/C14H15NO4S/c1-8-12(14(16)19-4)20-13(15-8)10-7-9(17-2)5-6-11(10)18-3/h5-7H,1-4H3. The molecule has 5 nitrogen and oxygen atoms in total. The third-order valence-corrected chi connectivity index (χ3v) is 3.98. The molecular formula is C14H15NO4S. The Morgan fingerprint density at radius 1 is 1.20 bits per heavy atom. The average molecular weight is 293 g/mol. The van der Waals surface area contributed by atoms with Crippen molar-refractivity contribution in [3.05, 3.63) is 28.8 Å². The Bertz CT molecular complexity index is 636. The van der Waals surface area contributed by atoms with E-state index in [2.05, 4.69) is 4.98 Å². The van der Waals surface area contributed by atoms with Crippen LogP contribution in [0.5, 0.6) is 11.5 Å². The van der Waals surface area contributed by atoms with Gasteiger partial charge >= 0.3 is 5.97 Å². The molecule has 0 saturated heterocycles. The van der Waals surface area contributed by atoms with Crippen LogP contribution in [-0.4, -0.2) is 32.3 Å². The van der Waals surface area contributed by atoms with Gasteiger partial charge in [0.15, 0.2) is 0 Å². The van der Waals surface area contributed by atoms with Crippen LogP contribution in [0.2, 0.25) is 0 Å². The Morgan fingerprint density at radius 2 is 1.95 bits per heavy atom. The van der Waals surface area contributed by atoms with Gasteiger partial charge in [0, 0.05) is 0 Å². The minimum Gasteiger partial charge on any atom is -0.497 e. The molecule has 2 rings (SSSR count). The van der Waals surface area contributed by atoms with Crippen molar-refractivity contribution in [3.63, 3.8) is 0 Å². The largest absolute Gasteiger partial charge is 0.497 e. The van der Waals surface area contributed by atoms with E-state index in [-0.39, 0.29) is 5.97 Å². The molecule has 0 atom stereocenters. The topological polar surface area (TPSA) is 57.7 Å². The van der Waals surface area contributed by atoms with Crippen molar-refractivity contribution in [2.75, 3.05) is 21.3 Å². The summed E-state index contributed by atoms with van der Waals surface area (Å²) < 4.78 is 15.3. The Hall–Kier alpha value is -2.08.